The maximum absolute atomic E-state index is 11.2. The van der Waals surface area contributed by atoms with E-state index in [9.17, 15) is 9.59 Å². The Balaban J connectivity index is 3.19. The molecule has 4 nitrogen and oxygen atoms in total. The van der Waals surface area contributed by atoms with Crippen LogP contribution in [-0.4, -0.2) is 23.7 Å². The van der Waals surface area contributed by atoms with E-state index >= 15 is 0 Å². The summed E-state index contributed by atoms with van der Waals surface area (Å²) in [4.78, 5) is 21.5. The molecule has 0 aromatic rings. The van der Waals surface area contributed by atoms with Crippen molar-refractivity contribution in [2.24, 2.45) is 0 Å². The summed E-state index contributed by atoms with van der Waals surface area (Å²) in [5.41, 5.74) is 0. The predicted octanol–water partition coefficient (Wildman–Crippen LogP) is 3.15. The van der Waals surface area contributed by atoms with Gasteiger partial charge in [-0.25, -0.2) is 0 Å². The summed E-state index contributed by atoms with van der Waals surface area (Å²) in [6.07, 6.45) is 7.25. The molecule has 0 amide bonds. The highest BCUT2D eigenvalue weighted by atomic mass is 16.5. The van der Waals surface area contributed by atoms with Crippen LogP contribution >= 0.6 is 0 Å². The maximum Gasteiger partial charge on any atom is 0.305 e. The summed E-state index contributed by atoms with van der Waals surface area (Å²) in [7, 11) is 0. The van der Waals surface area contributed by atoms with Gasteiger partial charge in [-0.3, -0.25) is 9.59 Å². The van der Waals surface area contributed by atoms with Crippen LogP contribution in [0.3, 0.4) is 0 Å². The summed E-state index contributed by atoms with van der Waals surface area (Å²) in [6.45, 7) is 2.56. The van der Waals surface area contributed by atoms with Gasteiger partial charge in [0, 0.05) is 12.8 Å². The van der Waals surface area contributed by atoms with Crippen molar-refractivity contribution < 1.29 is 19.4 Å². The number of carboxylic acid groups (broad SMARTS) is 1. The van der Waals surface area contributed by atoms with Crippen LogP contribution in [0.2, 0.25) is 0 Å². The van der Waals surface area contributed by atoms with Crippen molar-refractivity contribution >= 4 is 11.9 Å². The monoisotopic (exact) mass is 244 g/mol. The van der Waals surface area contributed by atoms with E-state index in [1.165, 1.54) is 12.8 Å². The second-order valence-corrected chi connectivity index (χ2v) is 4.24. The van der Waals surface area contributed by atoms with Crippen molar-refractivity contribution in [3.05, 3.63) is 0 Å². The number of carbonyl (C=O) groups is 2. The normalized spacial score (nSPS) is 10.2. The Morgan fingerprint density at radius 1 is 0.941 bits per heavy atom. The fraction of sp³-hybridized carbons (Fsp3) is 0.846. The van der Waals surface area contributed by atoms with E-state index < -0.39 is 5.97 Å². The van der Waals surface area contributed by atoms with Crippen LogP contribution in [-0.2, 0) is 14.3 Å². The van der Waals surface area contributed by atoms with Gasteiger partial charge < -0.3 is 9.84 Å². The first-order valence-electron chi connectivity index (χ1n) is 6.54. The zero-order valence-electron chi connectivity index (χ0n) is 10.7. The third kappa shape index (κ3) is 12.9. The van der Waals surface area contributed by atoms with E-state index in [0.29, 0.717) is 19.4 Å². The van der Waals surface area contributed by atoms with Crippen LogP contribution in [0.5, 0.6) is 0 Å². The first-order valence-corrected chi connectivity index (χ1v) is 6.54. The molecule has 0 aliphatic heterocycles. The molecule has 0 aromatic heterocycles. The molecule has 0 bridgehead atoms. The van der Waals surface area contributed by atoms with Crippen molar-refractivity contribution in [3.8, 4) is 0 Å². The highest BCUT2D eigenvalue weighted by molar-refractivity contribution is 5.69. The Morgan fingerprint density at radius 3 is 2.24 bits per heavy atom. The Labute approximate surface area is 103 Å². The van der Waals surface area contributed by atoms with Gasteiger partial charge in [-0.15, -0.1) is 0 Å². The van der Waals surface area contributed by atoms with Crippen molar-refractivity contribution in [1.29, 1.82) is 0 Å². The number of rotatable bonds is 11. The average Bonchev–Trinajstić information content (AvgIpc) is 2.29. The number of esters is 1. The molecule has 0 fully saturated rings. The summed E-state index contributed by atoms with van der Waals surface area (Å²) in [5.74, 6) is -0.891. The van der Waals surface area contributed by atoms with Gasteiger partial charge >= 0.3 is 11.9 Å². The Bertz CT molecular complexity index is 213. The smallest absolute Gasteiger partial charge is 0.305 e. The molecule has 17 heavy (non-hydrogen) atoms. The zero-order chi connectivity index (χ0) is 12.9. The van der Waals surface area contributed by atoms with Crippen LogP contribution in [0.4, 0.5) is 0 Å². The van der Waals surface area contributed by atoms with E-state index in [1.807, 2.05) is 0 Å². The summed E-state index contributed by atoms with van der Waals surface area (Å²) < 4.78 is 5.04. The number of carboxylic acids is 1. The molecule has 4 heteroatoms. The Morgan fingerprint density at radius 2 is 1.59 bits per heavy atom. The lowest BCUT2D eigenvalue weighted by Crippen LogP contribution is -2.05. The molecule has 0 aliphatic rings. The number of ether oxygens (including phenoxy) is 1. The first kappa shape index (κ1) is 15.9. The SMILES string of the molecule is CCCCCCC(=O)OCCCCCC(=O)O. The fourth-order valence-corrected chi connectivity index (χ4v) is 1.51. The number of hydrogen-bond acceptors (Lipinski definition) is 3. The van der Waals surface area contributed by atoms with E-state index in [1.54, 1.807) is 0 Å². The zero-order valence-corrected chi connectivity index (χ0v) is 10.7. The molecule has 0 heterocycles. The minimum Gasteiger partial charge on any atom is -0.481 e. The van der Waals surface area contributed by atoms with Crippen LogP contribution in [0.25, 0.3) is 0 Å². The molecule has 100 valence electrons. The molecule has 0 spiro atoms. The van der Waals surface area contributed by atoms with Gasteiger partial charge in [0.25, 0.3) is 0 Å². The number of carbonyl (C=O) groups excluding carboxylic acids is 1. The molecule has 0 unspecified atom stereocenters. The van der Waals surface area contributed by atoms with Gasteiger partial charge in [-0.1, -0.05) is 26.2 Å². The highest BCUT2D eigenvalue weighted by Gasteiger charge is 2.02. The molecule has 0 saturated carbocycles. The molecule has 0 aliphatic carbocycles. The molecular formula is C13H24O4. The number of aliphatic carboxylic acids is 1. The summed E-state index contributed by atoms with van der Waals surface area (Å²) >= 11 is 0. The van der Waals surface area contributed by atoms with Crippen molar-refractivity contribution in [1.82, 2.24) is 0 Å². The first-order chi connectivity index (χ1) is 8.16. The largest absolute Gasteiger partial charge is 0.481 e. The third-order valence-corrected chi connectivity index (χ3v) is 2.53. The minimum absolute atomic E-state index is 0.126. The van der Waals surface area contributed by atoms with Crippen LogP contribution in [0, 0.1) is 0 Å². The standard InChI is InChI=1S/C13H24O4/c1-2-3-4-7-10-13(16)17-11-8-5-6-9-12(14)15/h2-11H2,1H3,(H,14,15). The Kier molecular flexibility index (Phi) is 10.7. The van der Waals surface area contributed by atoms with Crippen molar-refractivity contribution in [2.45, 2.75) is 64.7 Å². The molecule has 0 radical (unpaired) electrons. The van der Waals surface area contributed by atoms with Gasteiger partial charge in [0.1, 0.15) is 0 Å². The number of unbranched alkanes of at least 4 members (excludes halogenated alkanes) is 5. The maximum atomic E-state index is 11.2. The van der Waals surface area contributed by atoms with E-state index in [0.717, 1.165) is 25.7 Å². The highest BCUT2D eigenvalue weighted by Crippen LogP contribution is 2.05. The minimum atomic E-state index is -0.766. The molecule has 0 aromatic carbocycles. The Hall–Kier alpha value is -1.06. The van der Waals surface area contributed by atoms with E-state index in [4.69, 9.17) is 9.84 Å². The van der Waals surface area contributed by atoms with Gasteiger partial charge in [-0.05, 0) is 25.7 Å². The van der Waals surface area contributed by atoms with Gasteiger partial charge in [-0.2, -0.15) is 0 Å². The topological polar surface area (TPSA) is 63.6 Å². The lowest BCUT2D eigenvalue weighted by Gasteiger charge is -2.04. The second kappa shape index (κ2) is 11.4. The molecule has 1 N–H and O–H groups in total. The average molecular weight is 244 g/mol. The molecule has 0 rings (SSSR count). The van der Waals surface area contributed by atoms with Crippen LogP contribution in [0.15, 0.2) is 0 Å². The lowest BCUT2D eigenvalue weighted by molar-refractivity contribution is -0.144. The second-order valence-electron chi connectivity index (χ2n) is 4.24. The molecule has 0 atom stereocenters. The summed E-state index contributed by atoms with van der Waals surface area (Å²) in [5, 5.41) is 8.41. The summed E-state index contributed by atoms with van der Waals surface area (Å²) in [6, 6.07) is 0. The van der Waals surface area contributed by atoms with Crippen LogP contribution < -0.4 is 0 Å². The van der Waals surface area contributed by atoms with E-state index in [2.05, 4.69) is 6.92 Å². The van der Waals surface area contributed by atoms with Gasteiger partial charge in [0.15, 0.2) is 0 Å². The van der Waals surface area contributed by atoms with Gasteiger partial charge in [0.2, 0.25) is 0 Å². The number of hydrogen-bond donors (Lipinski definition) is 1. The third-order valence-electron chi connectivity index (χ3n) is 2.53. The predicted molar refractivity (Wildman–Crippen MR) is 65.8 cm³/mol. The molecular weight excluding hydrogens is 220 g/mol. The van der Waals surface area contributed by atoms with Crippen molar-refractivity contribution in [3.63, 3.8) is 0 Å². The van der Waals surface area contributed by atoms with Gasteiger partial charge in [0.05, 0.1) is 6.61 Å². The lowest BCUT2D eigenvalue weighted by atomic mass is 10.1. The van der Waals surface area contributed by atoms with Crippen molar-refractivity contribution in [2.75, 3.05) is 6.61 Å². The quantitative estimate of drug-likeness (QED) is 0.448. The van der Waals surface area contributed by atoms with Crippen LogP contribution in [0.1, 0.15) is 64.7 Å². The fourth-order valence-electron chi connectivity index (χ4n) is 1.51. The molecule has 0 saturated heterocycles. The van der Waals surface area contributed by atoms with E-state index in [-0.39, 0.29) is 12.4 Å².